The summed E-state index contributed by atoms with van der Waals surface area (Å²) >= 11 is 0. The first kappa shape index (κ1) is 68.4. The normalized spacial score (nSPS) is 13.8. The molecule has 0 bridgehead atoms. The molecule has 0 aliphatic carbocycles. The highest BCUT2D eigenvalue weighted by Crippen LogP contribution is 2.49. The highest BCUT2D eigenvalue weighted by Gasteiger charge is 2.78. The van der Waals surface area contributed by atoms with Crippen molar-refractivity contribution in [3.63, 3.8) is 0 Å². The van der Waals surface area contributed by atoms with Crippen LogP contribution in [0.3, 0.4) is 0 Å². The molecule has 0 radical (unpaired) electrons. The lowest BCUT2D eigenvalue weighted by Crippen LogP contribution is -2.63. The zero-order valence-corrected chi connectivity index (χ0v) is 49.8. The summed E-state index contributed by atoms with van der Waals surface area (Å²) in [4.78, 5) is 123. The number of anilines is 4. The molecule has 28 heteroatoms. The van der Waals surface area contributed by atoms with Crippen LogP contribution in [0.25, 0.3) is 11.1 Å². The largest absolute Gasteiger partial charge is 0.470 e. The molecule has 2 N–H and O–H groups in total. The zero-order valence-electron chi connectivity index (χ0n) is 49.8. The number of hydrogen-bond donors (Lipinski definition) is 2. The quantitative estimate of drug-likeness (QED) is 0.0330. The minimum absolute atomic E-state index is 0.0470. The lowest BCUT2D eigenvalue weighted by atomic mass is 10.1. The van der Waals surface area contributed by atoms with E-state index in [1.807, 2.05) is 0 Å². The van der Waals surface area contributed by atoms with Crippen LogP contribution in [0.15, 0.2) is 194 Å². The third-order valence-electron chi connectivity index (χ3n) is 13.8. The Morgan fingerprint density at radius 1 is 0.417 bits per heavy atom. The molecule has 2 saturated heterocycles. The van der Waals surface area contributed by atoms with Crippen LogP contribution < -0.4 is 44.1 Å². The maximum Gasteiger partial charge on any atom is 0.470 e. The van der Waals surface area contributed by atoms with Crippen LogP contribution in [0, 0.1) is 6.92 Å². The van der Waals surface area contributed by atoms with E-state index in [1.54, 1.807) is 67.6 Å². The molecule has 492 valence electrons. The molecule has 2 fully saturated rings. The van der Waals surface area contributed by atoms with Gasteiger partial charge in [-0.2, -0.15) is 35.1 Å². The van der Waals surface area contributed by atoms with Gasteiger partial charge >= 0.3 is 48.1 Å². The van der Waals surface area contributed by atoms with Crippen molar-refractivity contribution in [1.29, 1.82) is 0 Å². The third-order valence-corrected chi connectivity index (χ3v) is 13.8. The van der Waals surface area contributed by atoms with Crippen molar-refractivity contribution >= 4 is 82.1 Å². The number of nitrogens with zero attached hydrogens (tertiary/aromatic N) is 2. The van der Waals surface area contributed by atoms with Crippen molar-refractivity contribution in [2.75, 3.05) is 20.4 Å². The lowest BCUT2D eigenvalue weighted by Gasteiger charge is -2.35. The van der Waals surface area contributed by atoms with Gasteiger partial charge in [0.15, 0.2) is 0 Å². The van der Waals surface area contributed by atoms with Crippen LogP contribution in [-0.4, -0.2) is 83.6 Å². The van der Waals surface area contributed by atoms with E-state index in [9.17, 15) is 78.7 Å². The van der Waals surface area contributed by atoms with Gasteiger partial charge in [-0.05, 0) is 170 Å². The van der Waals surface area contributed by atoms with Crippen LogP contribution in [0.1, 0.15) is 79.6 Å². The molecule has 2 aliphatic rings. The first-order valence-corrected chi connectivity index (χ1v) is 28.3. The summed E-state index contributed by atoms with van der Waals surface area (Å²) in [7, 11) is 0. The smallest absolute Gasteiger partial charge is 0.444 e. The zero-order chi connectivity index (χ0) is 69.3. The first-order valence-electron chi connectivity index (χ1n) is 28.3. The van der Waals surface area contributed by atoms with Gasteiger partial charge in [0.05, 0.1) is 28.1 Å². The van der Waals surface area contributed by atoms with Gasteiger partial charge < -0.3 is 34.3 Å². The van der Waals surface area contributed by atoms with Gasteiger partial charge in [-0.15, -0.1) is 0 Å². The van der Waals surface area contributed by atoms with Crippen molar-refractivity contribution in [3.05, 3.63) is 222 Å². The second kappa shape index (κ2) is 28.5. The van der Waals surface area contributed by atoms with Crippen LogP contribution in [0.5, 0.6) is 28.7 Å². The van der Waals surface area contributed by atoms with Gasteiger partial charge in [0.25, 0.3) is 5.91 Å². The molecule has 96 heavy (non-hydrogen) atoms. The van der Waals surface area contributed by atoms with Crippen molar-refractivity contribution < 1.29 is 111 Å². The minimum Gasteiger partial charge on any atom is -0.444 e. The number of aryl methyl sites for hydroxylation is 1. The van der Waals surface area contributed by atoms with E-state index in [1.165, 1.54) is 91.9 Å². The Morgan fingerprint density at radius 3 is 1.24 bits per heavy atom. The minimum atomic E-state index is -6.71. The first-order chi connectivity index (χ1) is 45.4. The average molecular weight is 1330 g/mol. The topological polar surface area (TPSA) is 257 Å². The summed E-state index contributed by atoms with van der Waals surface area (Å²) in [6, 6.07) is 43.5. The molecule has 2 aliphatic heterocycles. The van der Waals surface area contributed by atoms with E-state index in [0.717, 1.165) is 51.8 Å². The Balaban J connectivity index is 0.000000228. The Labute approximate surface area is 537 Å². The number of amides is 6. The standard InChI is InChI=1S/C35H23F8NO8.C33H25N3O8/c1-20-3-2-4-23(19-20)30(47)49-25-11-5-21(6-12-25)22-7-13-27(14-8-22)51-33(38,34(39,40)41)35(42,43)52-32(36,37)31(48)50-26-15-9-24(10-16-26)44-28(45)17-18-29(44)46;1-20(37)34-24-7-13-28(14-8-24)44-33(42)23-4-2-3-22(19-23)31(40)35-25-9-15-27(16-10-25)43-32(41)21-5-11-26(12-6-21)36-29(38)17-18-30(36)39/h2-16,19H,17-18H2,1H3;2-16,19H,17-18H2,1H3,(H,34,37)(H,35,40). The molecule has 1 unspecified atom stereocenters. The fraction of sp³-hybridized carbons (Fsp3) is 0.147. The maximum absolute atomic E-state index is 15.1. The Hall–Kier alpha value is -11.9. The van der Waals surface area contributed by atoms with E-state index < -0.39 is 77.3 Å². The van der Waals surface area contributed by atoms with E-state index >= 15 is 4.39 Å². The van der Waals surface area contributed by atoms with Crippen molar-refractivity contribution in [1.82, 2.24) is 0 Å². The summed E-state index contributed by atoms with van der Waals surface area (Å²) in [6.07, 6.45) is -19.0. The maximum atomic E-state index is 15.1. The summed E-state index contributed by atoms with van der Waals surface area (Å²) in [5, 5.41) is 5.34. The van der Waals surface area contributed by atoms with Gasteiger partial charge in [0.2, 0.25) is 29.5 Å². The third kappa shape index (κ3) is 16.4. The molecule has 8 aromatic carbocycles. The summed E-state index contributed by atoms with van der Waals surface area (Å²) in [5.74, 6) is -14.9. The van der Waals surface area contributed by atoms with Crippen LogP contribution in [0.4, 0.5) is 57.9 Å². The van der Waals surface area contributed by atoms with Gasteiger partial charge in [-0.25, -0.2) is 23.9 Å². The van der Waals surface area contributed by atoms with Gasteiger partial charge in [-0.3, -0.25) is 38.6 Å². The number of nitrogens with one attached hydrogen (secondary N) is 2. The number of alkyl halides is 8. The molecule has 10 rings (SSSR count). The molecule has 8 aromatic rings. The molecule has 0 aromatic heterocycles. The molecule has 1 atom stereocenters. The van der Waals surface area contributed by atoms with E-state index in [-0.39, 0.29) is 88.6 Å². The molecular weight excluding hydrogens is 1280 g/mol. The molecule has 20 nitrogen and oxygen atoms in total. The van der Waals surface area contributed by atoms with E-state index in [2.05, 4.69) is 24.8 Å². The predicted octanol–water partition coefficient (Wildman–Crippen LogP) is 12.9. The average Bonchev–Trinajstić information content (AvgIpc) is 0.978. The number of esters is 4. The number of carbonyl (C=O) groups is 10. The monoisotopic (exact) mass is 1330 g/mol. The second-order valence-corrected chi connectivity index (χ2v) is 20.9. The molecule has 6 amide bonds. The van der Waals surface area contributed by atoms with Gasteiger partial charge in [0, 0.05) is 49.5 Å². The highest BCUT2D eigenvalue weighted by molar-refractivity contribution is 6.20. The number of carbonyl (C=O) groups excluding carboxylic acids is 10. The predicted molar refractivity (Wildman–Crippen MR) is 323 cm³/mol. The Kier molecular flexibility index (Phi) is 20.3. The molecule has 0 saturated carbocycles. The fourth-order valence-electron chi connectivity index (χ4n) is 9.13. The van der Waals surface area contributed by atoms with Gasteiger partial charge in [-0.1, -0.05) is 48.0 Å². The van der Waals surface area contributed by atoms with Gasteiger partial charge in [0.1, 0.15) is 28.7 Å². The number of imide groups is 2. The number of rotatable bonds is 19. The molecular formula is C68H48F8N4O16. The Morgan fingerprint density at radius 2 is 0.792 bits per heavy atom. The highest BCUT2D eigenvalue weighted by atomic mass is 19.4. The number of ether oxygens (including phenoxy) is 6. The summed E-state index contributed by atoms with van der Waals surface area (Å²) in [6.45, 7) is 3.17. The molecule has 2 heterocycles. The number of hydrogen-bond acceptors (Lipinski definition) is 16. The molecule has 0 spiro atoms. The number of halogens is 8. The van der Waals surface area contributed by atoms with E-state index in [0.29, 0.717) is 40.3 Å². The van der Waals surface area contributed by atoms with Crippen LogP contribution in [-0.2, 0) is 33.5 Å². The number of benzene rings is 8. The van der Waals surface area contributed by atoms with Crippen LogP contribution in [0.2, 0.25) is 0 Å². The SMILES string of the molecule is CC(=O)Nc1ccc(OC(=O)c2cccc(C(=O)Nc3ccc(OC(=O)c4ccc(N5C(=O)CCC5=O)cc4)cc3)c2)cc1.Cc1cccc(C(=O)Oc2ccc(-c3ccc(OC(F)(C(F)(F)F)C(F)(F)OC(F)(F)C(=O)Oc4ccc(N5C(=O)CCC5=O)cc4)cc3)cc2)c1. The fourth-order valence-corrected chi connectivity index (χ4v) is 9.13. The van der Waals surface area contributed by atoms with Crippen molar-refractivity contribution in [3.8, 4) is 39.9 Å². The van der Waals surface area contributed by atoms with Crippen molar-refractivity contribution in [2.24, 2.45) is 0 Å². The van der Waals surface area contributed by atoms with Crippen molar-refractivity contribution in [2.45, 2.75) is 63.8 Å². The summed E-state index contributed by atoms with van der Waals surface area (Å²) in [5.41, 5.74) is 3.68. The second-order valence-electron chi connectivity index (χ2n) is 20.9. The summed E-state index contributed by atoms with van der Waals surface area (Å²) < 4.78 is 142. The van der Waals surface area contributed by atoms with Crippen LogP contribution >= 0.6 is 0 Å². The van der Waals surface area contributed by atoms with E-state index in [4.69, 9.17) is 14.2 Å². The Bertz CT molecular complexity index is 4280. The lowest BCUT2D eigenvalue weighted by molar-refractivity contribution is -0.474.